The number of rotatable bonds is 4. The Hall–Kier alpha value is -3.02. The van der Waals surface area contributed by atoms with Gasteiger partial charge >= 0.3 is 0 Å². The Morgan fingerprint density at radius 1 is 1.11 bits per heavy atom. The number of fused-ring (bicyclic) bond motifs is 1. The highest BCUT2D eigenvalue weighted by Gasteiger charge is 2.15. The molecular formula is C21H23N5O. The van der Waals surface area contributed by atoms with Crippen LogP contribution in [0.1, 0.15) is 41.3 Å². The first-order valence-electron chi connectivity index (χ1n) is 9.42. The van der Waals surface area contributed by atoms with Crippen LogP contribution in [0.5, 0.6) is 0 Å². The number of nitrogens with one attached hydrogen (secondary N) is 1. The molecule has 1 saturated heterocycles. The predicted molar refractivity (Wildman–Crippen MR) is 106 cm³/mol. The zero-order valence-electron chi connectivity index (χ0n) is 15.5. The first-order valence-corrected chi connectivity index (χ1v) is 9.42. The Morgan fingerprint density at radius 3 is 2.78 bits per heavy atom. The number of aromatic nitrogens is 3. The number of nitrogens with zero attached hydrogens (tertiary/aromatic N) is 4. The molecule has 138 valence electrons. The van der Waals surface area contributed by atoms with E-state index in [0.29, 0.717) is 11.5 Å². The number of hydrogen-bond acceptors (Lipinski definition) is 5. The molecule has 2 aromatic heterocycles. The number of pyridine rings is 1. The summed E-state index contributed by atoms with van der Waals surface area (Å²) < 4.78 is 0. The van der Waals surface area contributed by atoms with Gasteiger partial charge in [-0.15, -0.1) is 0 Å². The average molecular weight is 361 g/mol. The van der Waals surface area contributed by atoms with Crippen molar-refractivity contribution in [3.8, 4) is 0 Å². The third kappa shape index (κ3) is 3.89. The molecule has 1 fully saturated rings. The maximum absolute atomic E-state index is 12.7. The Balaban J connectivity index is 1.51. The van der Waals surface area contributed by atoms with E-state index in [9.17, 15) is 4.79 Å². The number of anilines is 1. The van der Waals surface area contributed by atoms with Crippen molar-refractivity contribution >= 4 is 22.5 Å². The van der Waals surface area contributed by atoms with E-state index in [4.69, 9.17) is 0 Å². The first-order chi connectivity index (χ1) is 13.2. The lowest BCUT2D eigenvalue weighted by atomic mass is 10.1. The summed E-state index contributed by atoms with van der Waals surface area (Å²) >= 11 is 0. The van der Waals surface area contributed by atoms with Gasteiger partial charge in [0, 0.05) is 36.4 Å². The topological polar surface area (TPSA) is 71.0 Å². The lowest BCUT2D eigenvalue weighted by Crippen LogP contribution is -2.31. The van der Waals surface area contributed by atoms with E-state index in [1.165, 1.54) is 19.3 Å². The minimum Gasteiger partial charge on any atom is -0.357 e. The summed E-state index contributed by atoms with van der Waals surface area (Å²) in [7, 11) is 0. The minimum atomic E-state index is -0.212. The molecular weight excluding hydrogens is 338 g/mol. The molecule has 0 aliphatic carbocycles. The van der Waals surface area contributed by atoms with Crippen LogP contribution in [0.2, 0.25) is 0 Å². The molecule has 0 spiro atoms. The van der Waals surface area contributed by atoms with Crippen LogP contribution in [-0.2, 0) is 6.54 Å². The number of carbonyl (C=O) groups is 1. The molecule has 0 atom stereocenters. The fraction of sp³-hybridized carbons (Fsp3) is 0.333. The van der Waals surface area contributed by atoms with Gasteiger partial charge in [0.25, 0.3) is 5.91 Å². The Bertz CT molecular complexity index is 960. The summed E-state index contributed by atoms with van der Waals surface area (Å²) in [5.74, 6) is 1.37. The van der Waals surface area contributed by atoms with Crippen LogP contribution in [0.4, 0.5) is 5.82 Å². The fourth-order valence-corrected chi connectivity index (χ4v) is 3.52. The lowest BCUT2D eigenvalue weighted by Gasteiger charge is -2.28. The average Bonchev–Trinajstić information content (AvgIpc) is 2.72. The van der Waals surface area contributed by atoms with Crippen molar-refractivity contribution < 1.29 is 4.79 Å². The number of carbonyl (C=O) groups excluding carboxylic acids is 1. The quantitative estimate of drug-likeness (QED) is 0.772. The Kier molecular flexibility index (Phi) is 4.96. The van der Waals surface area contributed by atoms with Crippen molar-refractivity contribution in [1.82, 2.24) is 20.3 Å². The monoisotopic (exact) mass is 361 g/mol. The van der Waals surface area contributed by atoms with Crippen LogP contribution in [0.3, 0.4) is 0 Å². The highest BCUT2D eigenvalue weighted by Crippen LogP contribution is 2.19. The molecule has 6 nitrogen and oxygen atoms in total. The van der Waals surface area contributed by atoms with Crippen molar-refractivity contribution in [2.45, 2.75) is 32.7 Å². The van der Waals surface area contributed by atoms with Crippen LogP contribution >= 0.6 is 0 Å². The lowest BCUT2D eigenvalue weighted by molar-refractivity contribution is 0.0946. The van der Waals surface area contributed by atoms with E-state index < -0.39 is 0 Å². The second kappa shape index (κ2) is 7.70. The van der Waals surface area contributed by atoms with Crippen molar-refractivity contribution in [3.63, 3.8) is 0 Å². The van der Waals surface area contributed by atoms with E-state index in [2.05, 4.69) is 25.2 Å². The minimum absolute atomic E-state index is 0.212. The molecule has 1 aromatic carbocycles. The molecule has 3 aromatic rings. The van der Waals surface area contributed by atoms with Gasteiger partial charge in [-0.3, -0.25) is 9.78 Å². The normalized spacial score (nSPS) is 14.3. The molecule has 4 rings (SSSR count). The van der Waals surface area contributed by atoms with E-state index in [1.54, 1.807) is 6.20 Å². The SMILES string of the molecule is Cc1cc(N2CCCCC2)nc(CNC(=O)c2nccc3ccccc23)n1. The second-order valence-electron chi connectivity index (χ2n) is 6.89. The molecule has 0 radical (unpaired) electrons. The predicted octanol–water partition coefficient (Wildman–Crippen LogP) is 3.25. The highest BCUT2D eigenvalue weighted by molar-refractivity contribution is 6.05. The largest absolute Gasteiger partial charge is 0.357 e. The summed E-state index contributed by atoms with van der Waals surface area (Å²) in [5, 5.41) is 4.76. The van der Waals surface area contributed by atoms with Crippen LogP contribution in [-0.4, -0.2) is 33.9 Å². The molecule has 3 heterocycles. The highest BCUT2D eigenvalue weighted by atomic mass is 16.1. The van der Waals surface area contributed by atoms with Gasteiger partial charge in [0.2, 0.25) is 0 Å². The van der Waals surface area contributed by atoms with E-state index in [1.807, 2.05) is 43.3 Å². The van der Waals surface area contributed by atoms with Crippen LogP contribution < -0.4 is 10.2 Å². The van der Waals surface area contributed by atoms with Crippen molar-refractivity contribution in [2.24, 2.45) is 0 Å². The number of benzene rings is 1. The van der Waals surface area contributed by atoms with Crippen molar-refractivity contribution in [2.75, 3.05) is 18.0 Å². The van der Waals surface area contributed by atoms with Crippen LogP contribution in [0.15, 0.2) is 42.6 Å². The molecule has 1 N–H and O–H groups in total. The fourth-order valence-electron chi connectivity index (χ4n) is 3.52. The molecule has 1 amide bonds. The van der Waals surface area contributed by atoms with Gasteiger partial charge in [-0.05, 0) is 37.6 Å². The zero-order valence-corrected chi connectivity index (χ0v) is 15.5. The molecule has 27 heavy (non-hydrogen) atoms. The third-order valence-corrected chi connectivity index (χ3v) is 4.86. The molecule has 0 unspecified atom stereocenters. The van der Waals surface area contributed by atoms with Gasteiger partial charge in [-0.25, -0.2) is 9.97 Å². The molecule has 6 heteroatoms. The molecule has 0 saturated carbocycles. The second-order valence-corrected chi connectivity index (χ2v) is 6.89. The maximum atomic E-state index is 12.7. The number of piperidine rings is 1. The van der Waals surface area contributed by atoms with Crippen LogP contribution in [0.25, 0.3) is 10.8 Å². The number of aryl methyl sites for hydroxylation is 1. The summed E-state index contributed by atoms with van der Waals surface area (Å²) in [6.45, 7) is 4.31. The van der Waals surface area contributed by atoms with Crippen LogP contribution in [0, 0.1) is 6.92 Å². The third-order valence-electron chi connectivity index (χ3n) is 4.86. The summed E-state index contributed by atoms with van der Waals surface area (Å²) in [5.41, 5.74) is 1.34. The molecule has 1 aliphatic rings. The van der Waals surface area contributed by atoms with Gasteiger partial charge in [0.05, 0.1) is 6.54 Å². The zero-order chi connectivity index (χ0) is 18.6. The van der Waals surface area contributed by atoms with E-state index in [-0.39, 0.29) is 12.5 Å². The van der Waals surface area contributed by atoms with E-state index >= 15 is 0 Å². The van der Waals surface area contributed by atoms with E-state index in [0.717, 1.165) is 35.4 Å². The van der Waals surface area contributed by atoms with Crippen molar-refractivity contribution in [1.29, 1.82) is 0 Å². The Morgan fingerprint density at radius 2 is 1.93 bits per heavy atom. The van der Waals surface area contributed by atoms with Gasteiger partial charge in [-0.1, -0.05) is 24.3 Å². The standard InChI is InChI=1S/C21H23N5O/c1-15-13-19(26-11-5-2-6-12-26)25-18(24-15)14-23-21(27)20-17-8-4-3-7-16(17)9-10-22-20/h3-4,7-10,13H,2,5-6,11-12,14H2,1H3,(H,23,27). The summed E-state index contributed by atoms with van der Waals surface area (Å²) in [4.78, 5) is 28.4. The first kappa shape index (κ1) is 17.4. The summed E-state index contributed by atoms with van der Waals surface area (Å²) in [6.07, 6.45) is 5.33. The number of hydrogen-bond donors (Lipinski definition) is 1. The summed E-state index contributed by atoms with van der Waals surface area (Å²) in [6, 6.07) is 11.7. The maximum Gasteiger partial charge on any atom is 0.270 e. The Labute approximate surface area is 158 Å². The van der Waals surface area contributed by atoms with Gasteiger partial charge in [0.1, 0.15) is 17.3 Å². The smallest absolute Gasteiger partial charge is 0.270 e. The van der Waals surface area contributed by atoms with Gasteiger partial charge in [0.15, 0.2) is 0 Å². The van der Waals surface area contributed by atoms with Gasteiger partial charge < -0.3 is 10.2 Å². The number of amides is 1. The molecule has 1 aliphatic heterocycles. The molecule has 0 bridgehead atoms. The van der Waals surface area contributed by atoms with Gasteiger partial charge in [-0.2, -0.15) is 0 Å². The van der Waals surface area contributed by atoms with Crippen molar-refractivity contribution in [3.05, 3.63) is 59.8 Å².